The molecule has 62 valence electrons. The van der Waals surface area contributed by atoms with Gasteiger partial charge in [0.15, 0.2) is 0 Å². The summed E-state index contributed by atoms with van der Waals surface area (Å²) in [6.45, 7) is 2.62. The zero-order chi connectivity index (χ0) is 8.97. The summed E-state index contributed by atoms with van der Waals surface area (Å²) in [5.41, 5.74) is 8.56. The molecule has 0 aromatic heterocycles. The first-order valence-electron chi connectivity index (χ1n) is 4.03. The van der Waals surface area contributed by atoms with E-state index in [1.165, 1.54) is 5.56 Å². The fourth-order valence-electron chi connectivity index (χ4n) is 1.22. The summed E-state index contributed by atoms with van der Waals surface area (Å²) in [4.78, 5) is 0. The van der Waals surface area contributed by atoms with Crippen LogP contribution in [-0.2, 0) is 13.0 Å². The Kier molecular flexibility index (Phi) is 2.84. The quantitative estimate of drug-likeness (QED) is 0.714. The molecule has 0 radical (unpaired) electrons. The standard InChI is InChI=1S/C10H12N2/c1-2-9-5-8(6-11)3-4-10(9)7-12/h3-5H,2,7,12H2,1H3. The third-order valence-electron chi connectivity index (χ3n) is 1.94. The van der Waals surface area contributed by atoms with E-state index in [-0.39, 0.29) is 0 Å². The van der Waals surface area contributed by atoms with Crippen molar-refractivity contribution in [1.82, 2.24) is 0 Å². The molecule has 0 aliphatic heterocycles. The number of nitrogens with zero attached hydrogens (tertiary/aromatic N) is 1. The van der Waals surface area contributed by atoms with Crippen molar-refractivity contribution >= 4 is 0 Å². The third kappa shape index (κ3) is 1.63. The lowest BCUT2D eigenvalue weighted by atomic mass is 10.0. The number of benzene rings is 1. The maximum atomic E-state index is 8.64. The minimum Gasteiger partial charge on any atom is -0.326 e. The van der Waals surface area contributed by atoms with Gasteiger partial charge in [0, 0.05) is 6.54 Å². The second-order valence-corrected chi connectivity index (χ2v) is 2.65. The highest BCUT2D eigenvalue weighted by atomic mass is 14.5. The van der Waals surface area contributed by atoms with Crippen molar-refractivity contribution in [2.45, 2.75) is 19.9 Å². The monoisotopic (exact) mass is 160 g/mol. The Labute approximate surface area is 72.6 Å². The Bertz CT molecular complexity index is 310. The van der Waals surface area contributed by atoms with Gasteiger partial charge in [-0.15, -0.1) is 0 Å². The van der Waals surface area contributed by atoms with Gasteiger partial charge in [0.05, 0.1) is 11.6 Å². The van der Waals surface area contributed by atoms with Gasteiger partial charge in [-0.25, -0.2) is 0 Å². The number of hydrogen-bond donors (Lipinski definition) is 1. The first kappa shape index (κ1) is 8.76. The molecule has 0 saturated carbocycles. The second kappa shape index (κ2) is 3.89. The van der Waals surface area contributed by atoms with Crippen molar-refractivity contribution in [2.75, 3.05) is 0 Å². The molecule has 2 heteroatoms. The van der Waals surface area contributed by atoms with E-state index in [0.29, 0.717) is 12.1 Å². The van der Waals surface area contributed by atoms with Crippen LogP contribution in [0.5, 0.6) is 0 Å². The lowest BCUT2D eigenvalue weighted by molar-refractivity contribution is 1.00. The van der Waals surface area contributed by atoms with Crippen LogP contribution in [0.25, 0.3) is 0 Å². The van der Waals surface area contributed by atoms with Crippen LogP contribution in [0.3, 0.4) is 0 Å². The van der Waals surface area contributed by atoms with Gasteiger partial charge in [0.25, 0.3) is 0 Å². The SMILES string of the molecule is CCc1cc(C#N)ccc1CN. The molecule has 1 rings (SSSR count). The normalized spacial score (nSPS) is 9.42. The highest BCUT2D eigenvalue weighted by molar-refractivity contribution is 5.38. The highest BCUT2D eigenvalue weighted by Gasteiger charge is 1.99. The van der Waals surface area contributed by atoms with Crippen LogP contribution in [0.4, 0.5) is 0 Å². The van der Waals surface area contributed by atoms with Gasteiger partial charge in [-0.05, 0) is 29.7 Å². The van der Waals surface area contributed by atoms with Crippen LogP contribution in [0.2, 0.25) is 0 Å². The van der Waals surface area contributed by atoms with E-state index in [2.05, 4.69) is 13.0 Å². The number of aryl methyl sites for hydroxylation is 1. The average molecular weight is 160 g/mol. The zero-order valence-corrected chi connectivity index (χ0v) is 7.17. The summed E-state index contributed by atoms with van der Waals surface area (Å²) >= 11 is 0. The maximum Gasteiger partial charge on any atom is 0.0991 e. The van der Waals surface area contributed by atoms with Crippen molar-refractivity contribution in [2.24, 2.45) is 5.73 Å². The molecule has 0 spiro atoms. The number of hydrogen-bond acceptors (Lipinski definition) is 2. The molecule has 2 N–H and O–H groups in total. The fraction of sp³-hybridized carbons (Fsp3) is 0.300. The average Bonchev–Trinajstić information content (AvgIpc) is 2.16. The van der Waals surface area contributed by atoms with E-state index in [0.717, 1.165) is 12.0 Å². The molecule has 0 saturated heterocycles. The molecular weight excluding hydrogens is 148 g/mol. The molecule has 0 unspecified atom stereocenters. The predicted molar refractivity (Wildman–Crippen MR) is 48.4 cm³/mol. The summed E-state index contributed by atoms with van der Waals surface area (Å²) in [5.74, 6) is 0. The molecule has 2 nitrogen and oxygen atoms in total. The van der Waals surface area contributed by atoms with Crippen molar-refractivity contribution in [3.63, 3.8) is 0 Å². The molecule has 0 amide bonds. The zero-order valence-electron chi connectivity index (χ0n) is 7.17. The Balaban J connectivity index is 3.13. The van der Waals surface area contributed by atoms with Gasteiger partial charge in [-0.3, -0.25) is 0 Å². The molecular formula is C10H12N2. The Morgan fingerprint density at radius 1 is 1.42 bits per heavy atom. The van der Waals surface area contributed by atoms with Gasteiger partial charge in [0.2, 0.25) is 0 Å². The topological polar surface area (TPSA) is 49.8 Å². The van der Waals surface area contributed by atoms with Crippen molar-refractivity contribution in [3.8, 4) is 6.07 Å². The molecule has 0 aliphatic rings. The number of rotatable bonds is 2. The minimum absolute atomic E-state index is 0.550. The lowest BCUT2D eigenvalue weighted by Gasteiger charge is -2.04. The first-order valence-corrected chi connectivity index (χ1v) is 4.03. The summed E-state index contributed by atoms with van der Waals surface area (Å²) < 4.78 is 0. The van der Waals surface area contributed by atoms with E-state index < -0.39 is 0 Å². The molecule has 0 atom stereocenters. The highest BCUT2D eigenvalue weighted by Crippen LogP contribution is 2.11. The van der Waals surface area contributed by atoms with Crippen molar-refractivity contribution < 1.29 is 0 Å². The Morgan fingerprint density at radius 2 is 2.17 bits per heavy atom. The van der Waals surface area contributed by atoms with Crippen LogP contribution in [0, 0.1) is 11.3 Å². The smallest absolute Gasteiger partial charge is 0.0991 e. The second-order valence-electron chi connectivity index (χ2n) is 2.65. The van der Waals surface area contributed by atoms with Crippen LogP contribution in [0.1, 0.15) is 23.6 Å². The summed E-state index contributed by atoms with van der Waals surface area (Å²) in [7, 11) is 0. The maximum absolute atomic E-state index is 8.64. The van der Waals surface area contributed by atoms with E-state index in [9.17, 15) is 0 Å². The molecule has 0 heterocycles. The van der Waals surface area contributed by atoms with Gasteiger partial charge >= 0.3 is 0 Å². The van der Waals surface area contributed by atoms with Crippen LogP contribution in [-0.4, -0.2) is 0 Å². The summed E-state index contributed by atoms with van der Waals surface area (Å²) in [6, 6.07) is 7.75. The van der Waals surface area contributed by atoms with Crippen molar-refractivity contribution in [3.05, 3.63) is 34.9 Å². The number of nitriles is 1. The van der Waals surface area contributed by atoms with Crippen molar-refractivity contribution in [1.29, 1.82) is 5.26 Å². The van der Waals surface area contributed by atoms with Gasteiger partial charge in [0.1, 0.15) is 0 Å². The van der Waals surface area contributed by atoms with E-state index >= 15 is 0 Å². The minimum atomic E-state index is 0.550. The molecule has 0 bridgehead atoms. The molecule has 12 heavy (non-hydrogen) atoms. The first-order chi connectivity index (χ1) is 5.81. The van der Waals surface area contributed by atoms with E-state index in [4.69, 9.17) is 11.0 Å². The van der Waals surface area contributed by atoms with Crippen LogP contribution < -0.4 is 5.73 Å². The molecule has 0 aliphatic carbocycles. The molecule has 1 aromatic rings. The van der Waals surface area contributed by atoms with E-state index in [1.54, 1.807) is 6.07 Å². The Morgan fingerprint density at radius 3 is 2.67 bits per heavy atom. The number of nitrogens with two attached hydrogens (primary N) is 1. The summed E-state index contributed by atoms with van der Waals surface area (Å²) in [6.07, 6.45) is 0.933. The lowest BCUT2D eigenvalue weighted by Crippen LogP contribution is -2.00. The third-order valence-corrected chi connectivity index (χ3v) is 1.94. The van der Waals surface area contributed by atoms with Gasteiger partial charge in [-0.1, -0.05) is 13.0 Å². The van der Waals surface area contributed by atoms with E-state index in [1.807, 2.05) is 12.1 Å². The Hall–Kier alpha value is -1.33. The van der Waals surface area contributed by atoms with Crippen LogP contribution >= 0.6 is 0 Å². The van der Waals surface area contributed by atoms with Gasteiger partial charge < -0.3 is 5.73 Å². The van der Waals surface area contributed by atoms with Gasteiger partial charge in [-0.2, -0.15) is 5.26 Å². The van der Waals surface area contributed by atoms with Crippen LogP contribution in [0.15, 0.2) is 18.2 Å². The summed E-state index contributed by atoms with van der Waals surface area (Å²) in [5, 5.41) is 8.64. The predicted octanol–water partition coefficient (Wildman–Crippen LogP) is 1.58. The largest absolute Gasteiger partial charge is 0.326 e. The fourth-order valence-corrected chi connectivity index (χ4v) is 1.22. The molecule has 0 fully saturated rings. The molecule has 1 aromatic carbocycles.